The van der Waals surface area contributed by atoms with E-state index in [9.17, 15) is 23.2 Å². The first kappa shape index (κ1) is 42.3. The molecule has 3 unspecified atom stereocenters. The van der Waals surface area contributed by atoms with Gasteiger partial charge in [0.15, 0.2) is 27.7 Å². The molecule has 5 heterocycles. The van der Waals surface area contributed by atoms with Crippen LogP contribution < -0.4 is 33.5 Å². The summed E-state index contributed by atoms with van der Waals surface area (Å²) < 4.78 is 40.5. The first-order valence-electron chi connectivity index (χ1n) is 17.9. The smallest absolute Gasteiger partial charge is 0.308 e. The molecule has 0 radical (unpaired) electrons. The summed E-state index contributed by atoms with van der Waals surface area (Å²) in [4.78, 5) is 41.5. The number of esters is 1. The van der Waals surface area contributed by atoms with Crippen LogP contribution in [0.4, 0.5) is 8.78 Å². The molecule has 2 aromatic carbocycles. The van der Waals surface area contributed by atoms with E-state index in [-0.39, 0.29) is 53.1 Å². The average Bonchev–Trinajstić information content (AvgIpc) is 3.70. The van der Waals surface area contributed by atoms with Gasteiger partial charge in [-0.05, 0) is 49.6 Å². The minimum atomic E-state index is -0.601. The normalized spacial score (nSPS) is 19.7. The Morgan fingerprint density at radius 2 is 1.61 bits per heavy atom. The second kappa shape index (κ2) is 18.9. The predicted octanol–water partition coefficient (Wildman–Crippen LogP) is 6.44. The fraction of sp³-hybridized carbons (Fsp3) is 0.390. The van der Waals surface area contributed by atoms with Crippen molar-refractivity contribution in [1.29, 1.82) is 0 Å². The minimum absolute atomic E-state index is 0. The number of piperidine rings is 1. The largest absolute Gasteiger partial charge is 1.00 e. The molecule has 3 aliphatic rings. The monoisotopic (exact) mass is 952 g/mol. The third-order valence-electron chi connectivity index (χ3n) is 10.0. The highest BCUT2D eigenvalue weighted by atomic mass is 127. The molecule has 0 bridgehead atoms. The maximum atomic E-state index is 14.5. The number of Topliss-reactive ketones (excluding diaryl/α,β-unsaturated/α-hetero) is 2. The van der Waals surface area contributed by atoms with Crippen LogP contribution in [0.25, 0.3) is 0 Å². The predicted molar refractivity (Wildman–Crippen MR) is 207 cm³/mol. The molecule has 1 saturated heterocycles. The van der Waals surface area contributed by atoms with Crippen molar-refractivity contribution < 1.29 is 61.1 Å². The van der Waals surface area contributed by atoms with Crippen molar-refractivity contribution in [3.8, 4) is 10.1 Å². The van der Waals surface area contributed by atoms with Crippen molar-refractivity contribution in [3.05, 3.63) is 117 Å². The van der Waals surface area contributed by atoms with E-state index in [2.05, 4.69) is 28.6 Å². The van der Waals surface area contributed by atoms with Gasteiger partial charge in [-0.3, -0.25) is 19.3 Å². The van der Waals surface area contributed by atoms with Crippen LogP contribution in [-0.2, 0) is 40.3 Å². The molecule has 3 aliphatic heterocycles. The van der Waals surface area contributed by atoms with Gasteiger partial charge >= 0.3 is 5.97 Å². The number of allylic oxidation sites excluding steroid dienone is 1. The molecule has 4 aromatic rings. The lowest BCUT2D eigenvalue weighted by molar-refractivity contribution is -0.965. The lowest BCUT2D eigenvalue weighted by Crippen LogP contribution is -3.00. The number of hydrogen-bond acceptors (Lipinski definition) is 8. The van der Waals surface area contributed by atoms with Gasteiger partial charge in [-0.25, -0.2) is 8.78 Å². The summed E-state index contributed by atoms with van der Waals surface area (Å²) in [6, 6.07) is 16.2. The van der Waals surface area contributed by atoms with Crippen molar-refractivity contribution in [3.63, 3.8) is 0 Å². The number of rotatable bonds is 10. The van der Waals surface area contributed by atoms with Gasteiger partial charge in [0.25, 0.3) is 0 Å². The number of hydrogen-bond donors (Lipinski definition) is 0. The fourth-order valence-corrected chi connectivity index (χ4v) is 10.3. The van der Waals surface area contributed by atoms with Crippen molar-refractivity contribution in [2.75, 3.05) is 25.0 Å². The third-order valence-corrected chi connectivity index (χ3v) is 12.8. The molecule has 0 N–H and O–H groups in total. The highest BCUT2D eigenvalue weighted by Gasteiger charge is 2.48. The minimum Gasteiger partial charge on any atom is -1.00 e. The molecule has 3 atom stereocenters. The molecule has 0 amide bonds. The van der Waals surface area contributed by atoms with E-state index in [0.29, 0.717) is 52.4 Å². The second-order valence-corrected chi connectivity index (χ2v) is 16.9. The number of fused-ring (bicyclic) bond motifs is 2. The number of carbonyl (C=O) groups excluding carboxylic acids is 3. The van der Waals surface area contributed by atoms with Gasteiger partial charge in [-0.15, -0.1) is 22.7 Å². The van der Waals surface area contributed by atoms with Crippen LogP contribution in [0.1, 0.15) is 83.6 Å². The van der Waals surface area contributed by atoms with Gasteiger partial charge in [-0.1, -0.05) is 52.8 Å². The fourth-order valence-electron chi connectivity index (χ4n) is 7.85. The number of ketones is 2. The highest BCUT2D eigenvalue weighted by Crippen LogP contribution is 2.44. The zero-order chi connectivity index (χ0) is 37.7. The lowest BCUT2D eigenvalue weighted by atomic mass is 9.87. The molecule has 288 valence electrons. The van der Waals surface area contributed by atoms with Crippen LogP contribution in [0.5, 0.6) is 10.1 Å². The van der Waals surface area contributed by atoms with E-state index in [1.807, 2.05) is 24.0 Å². The molecular formula is C41H44BrF2IN2O5S2. The van der Waals surface area contributed by atoms with Crippen molar-refractivity contribution in [1.82, 2.24) is 4.90 Å². The van der Waals surface area contributed by atoms with Crippen LogP contribution in [0.15, 0.2) is 73.0 Å². The van der Waals surface area contributed by atoms with Crippen LogP contribution in [0.2, 0.25) is 0 Å². The summed E-state index contributed by atoms with van der Waals surface area (Å²) in [5, 5.41) is 2.17. The van der Waals surface area contributed by atoms with Gasteiger partial charge in [0, 0.05) is 78.0 Å². The summed E-state index contributed by atoms with van der Waals surface area (Å²) in [7, 11) is 0. The van der Waals surface area contributed by atoms with Gasteiger partial charge in [-0.2, -0.15) is 0 Å². The van der Waals surface area contributed by atoms with E-state index >= 15 is 0 Å². The summed E-state index contributed by atoms with van der Waals surface area (Å²) in [6.45, 7) is 10.8. The number of nitrogens with zero attached hydrogens (tertiary/aromatic N) is 2. The van der Waals surface area contributed by atoms with Crippen molar-refractivity contribution in [2.45, 2.75) is 77.5 Å². The van der Waals surface area contributed by atoms with Crippen LogP contribution in [-0.4, -0.2) is 51.9 Å². The summed E-state index contributed by atoms with van der Waals surface area (Å²) in [5.74, 6) is -0.111. The number of thiophene rings is 2. The molecule has 7 nitrogen and oxygen atoms in total. The Morgan fingerprint density at radius 1 is 0.944 bits per heavy atom. The Labute approximate surface area is 349 Å². The molecule has 0 saturated carbocycles. The molecule has 54 heavy (non-hydrogen) atoms. The van der Waals surface area contributed by atoms with E-state index in [1.165, 1.54) is 40.8 Å². The van der Waals surface area contributed by atoms with Gasteiger partial charge in [0.2, 0.25) is 0 Å². The highest BCUT2D eigenvalue weighted by molar-refractivity contribution is 9.09. The van der Waals surface area contributed by atoms with Gasteiger partial charge in [0.05, 0.1) is 30.5 Å². The molecule has 13 heteroatoms. The number of alkyl halides is 1. The average molecular weight is 954 g/mol. The molecule has 0 aliphatic carbocycles. The van der Waals surface area contributed by atoms with Crippen LogP contribution >= 0.6 is 38.6 Å². The van der Waals surface area contributed by atoms with Crippen molar-refractivity contribution in [2.24, 2.45) is 0 Å². The number of benzene rings is 2. The van der Waals surface area contributed by atoms with Gasteiger partial charge in [0.1, 0.15) is 18.2 Å². The maximum absolute atomic E-state index is 14.5. The first-order chi connectivity index (χ1) is 25.5. The number of quaternary nitrogens is 1. The number of carbonyl (C=O) groups is 3. The quantitative estimate of drug-likeness (QED) is 0.0600. The molecule has 1 fully saturated rings. The summed E-state index contributed by atoms with van der Waals surface area (Å²) in [5.41, 5.74) is 3.25. The van der Waals surface area contributed by atoms with Crippen LogP contribution in [0.3, 0.4) is 0 Å². The van der Waals surface area contributed by atoms with E-state index in [4.69, 9.17) is 9.47 Å². The Hall–Kier alpha value is -2.82. The Morgan fingerprint density at radius 3 is 2.30 bits per heavy atom. The summed E-state index contributed by atoms with van der Waals surface area (Å²) >= 11 is 6.48. The lowest BCUT2D eigenvalue weighted by Gasteiger charge is -2.48. The topological polar surface area (TPSA) is 72.9 Å². The second-order valence-electron chi connectivity index (χ2n) is 13.9. The Kier molecular flexibility index (Phi) is 14.8. The number of halogens is 4. The molecular weight excluding hydrogens is 909 g/mol. The molecule has 2 aromatic heterocycles. The summed E-state index contributed by atoms with van der Waals surface area (Å²) in [6.07, 6.45) is 4.18. The standard InChI is InChI=1S/C21H23FNO2S.C20H21BrFNO3S.HI/c1-14(2)25-20-12-15-13-23(11-9-19(15)26-20)10-5-8-18(24)21(23)16-6-3-4-7-17(16)22;1-13(24)26-19-11-14-12-23(10-8-18(14)27-19)20(17(25)7-4-9-21)15-5-2-3-6-16(15)22;/h3-4,6-7,12,21H,1,5,8-11,13H2,2H3;2-3,5-6,11,20H,4,7-10,12H2,1H3;1H/q+1;;/p-1. The third kappa shape index (κ3) is 9.76. The maximum Gasteiger partial charge on any atom is 0.308 e. The first-order valence-corrected chi connectivity index (χ1v) is 20.7. The zero-order valence-corrected chi connectivity index (χ0v) is 35.8. The SMILES string of the molecule is C=C(C)Oc1cc2c(s1)CC[N+]1(CCCC(=O)C1c1ccccc1F)C2.CC(=O)Oc1cc2c(s1)CCN(C(C(=O)CCCBr)c1ccccc1F)C2.[I-]. The zero-order valence-electron chi connectivity index (χ0n) is 30.4. The Bertz CT molecular complexity index is 2000. The Balaban J connectivity index is 0.000000204. The molecule has 1 spiro atoms. The van der Waals surface area contributed by atoms with Crippen molar-refractivity contribution >= 4 is 56.1 Å². The van der Waals surface area contributed by atoms with E-state index in [0.717, 1.165) is 66.2 Å². The van der Waals surface area contributed by atoms with Crippen LogP contribution in [0, 0.1) is 11.6 Å². The van der Waals surface area contributed by atoms with E-state index in [1.54, 1.807) is 41.7 Å². The molecule has 7 rings (SSSR count). The number of ether oxygens (including phenoxy) is 2. The van der Waals surface area contributed by atoms with E-state index < -0.39 is 12.1 Å². The van der Waals surface area contributed by atoms with Gasteiger partial charge < -0.3 is 37.9 Å².